The van der Waals surface area contributed by atoms with E-state index in [0.29, 0.717) is 0 Å². The summed E-state index contributed by atoms with van der Waals surface area (Å²) in [7, 11) is 0. The molecule has 0 amide bonds. The first-order valence-electron chi connectivity index (χ1n) is 5.33. The Morgan fingerprint density at radius 3 is 2.86 bits per heavy atom. The van der Waals surface area contributed by atoms with Crippen molar-refractivity contribution in [1.29, 1.82) is 0 Å². The van der Waals surface area contributed by atoms with Crippen molar-refractivity contribution in [3.05, 3.63) is 29.6 Å². The lowest BCUT2D eigenvalue weighted by Gasteiger charge is -2.02. The SMILES string of the molecule is CCCOCCCc1cccc(C)n1. The largest absolute Gasteiger partial charge is 0.381 e. The van der Waals surface area contributed by atoms with Gasteiger partial charge in [-0.15, -0.1) is 0 Å². The van der Waals surface area contributed by atoms with Crippen LogP contribution in [0.15, 0.2) is 18.2 Å². The molecule has 14 heavy (non-hydrogen) atoms. The molecule has 0 aliphatic rings. The van der Waals surface area contributed by atoms with Gasteiger partial charge in [-0.05, 0) is 38.3 Å². The Morgan fingerprint density at radius 2 is 2.14 bits per heavy atom. The van der Waals surface area contributed by atoms with Gasteiger partial charge < -0.3 is 4.74 Å². The zero-order valence-corrected chi connectivity index (χ0v) is 9.12. The van der Waals surface area contributed by atoms with Gasteiger partial charge >= 0.3 is 0 Å². The van der Waals surface area contributed by atoms with E-state index in [1.165, 1.54) is 5.69 Å². The zero-order chi connectivity index (χ0) is 10.2. The van der Waals surface area contributed by atoms with Crippen molar-refractivity contribution in [2.45, 2.75) is 33.1 Å². The van der Waals surface area contributed by atoms with Crippen LogP contribution in [0.1, 0.15) is 31.2 Å². The minimum atomic E-state index is 0.851. The van der Waals surface area contributed by atoms with Gasteiger partial charge in [0.15, 0.2) is 0 Å². The van der Waals surface area contributed by atoms with E-state index in [-0.39, 0.29) is 0 Å². The molecule has 2 nitrogen and oxygen atoms in total. The molecule has 0 aliphatic carbocycles. The van der Waals surface area contributed by atoms with Crippen molar-refractivity contribution < 1.29 is 4.74 Å². The van der Waals surface area contributed by atoms with Crippen molar-refractivity contribution in [3.8, 4) is 0 Å². The van der Waals surface area contributed by atoms with Gasteiger partial charge in [0.05, 0.1) is 0 Å². The van der Waals surface area contributed by atoms with Crippen molar-refractivity contribution in [2.75, 3.05) is 13.2 Å². The van der Waals surface area contributed by atoms with Crippen LogP contribution in [0.2, 0.25) is 0 Å². The molecule has 0 aliphatic heterocycles. The average Bonchev–Trinajstić information content (AvgIpc) is 2.18. The van der Waals surface area contributed by atoms with E-state index in [4.69, 9.17) is 4.74 Å². The second kappa shape index (κ2) is 6.55. The Balaban J connectivity index is 2.18. The highest BCUT2D eigenvalue weighted by Crippen LogP contribution is 2.01. The average molecular weight is 193 g/mol. The number of aromatic nitrogens is 1. The molecule has 0 radical (unpaired) electrons. The standard InChI is InChI=1S/C12H19NO/c1-3-9-14-10-5-8-12-7-4-6-11(2)13-12/h4,6-7H,3,5,8-10H2,1-2H3. The lowest BCUT2D eigenvalue weighted by atomic mass is 10.2. The highest BCUT2D eigenvalue weighted by atomic mass is 16.5. The fraction of sp³-hybridized carbons (Fsp3) is 0.583. The van der Waals surface area contributed by atoms with Gasteiger partial charge in [-0.2, -0.15) is 0 Å². The monoisotopic (exact) mass is 193 g/mol. The Bertz CT molecular complexity index is 260. The third kappa shape index (κ3) is 4.38. The minimum Gasteiger partial charge on any atom is -0.381 e. The van der Waals surface area contributed by atoms with E-state index in [9.17, 15) is 0 Å². The van der Waals surface area contributed by atoms with E-state index >= 15 is 0 Å². The molecule has 1 aromatic rings. The Morgan fingerprint density at radius 1 is 1.29 bits per heavy atom. The summed E-state index contributed by atoms with van der Waals surface area (Å²) >= 11 is 0. The highest BCUT2D eigenvalue weighted by molar-refractivity contribution is 5.09. The molecule has 0 saturated heterocycles. The van der Waals surface area contributed by atoms with Gasteiger partial charge in [-0.25, -0.2) is 0 Å². The number of pyridine rings is 1. The van der Waals surface area contributed by atoms with Crippen LogP contribution < -0.4 is 0 Å². The summed E-state index contributed by atoms with van der Waals surface area (Å²) in [6, 6.07) is 6.16. The predicted molar refractivity (Wildman–Crippen MR) is 58.4 cm³/mol. The van der Waals surface area contributed by atoms with Gasteiger partial charge in [0.25, 0.3) is 0 Å². The normalized spacial score (nSPS) is 10.4. The lowest BCUT2D eigenvalue weighted by Crippen LogP contribution is -1.99. The summed E-state index contributed by atoms with van der Waals surface area (Å²) in [5.74, 6) is 0. The van der Waals surface area contributed by atoms with Crippen molar-refractivity contribution >= 4 is 0 Å². The summed E-state index contributed by atoms with van der Waals surface area (Å²) in [5, 5.41) is 0. The molecule has 0 saturated carbocycles. The summed E-state index contributed by atoms with van der Waals surface area (Å²) in [4.78, 5) is 4.44. The molecule has 0 spiro atoms. The molecule has 0 N–H and O–H groups in total. The number of hydrogen-bond acceptors (Lipinski definition) is 2. The van der Waals surface area contributed by atoms with Gasteiger partial charge in [0.2, 0.25) is 0 Å². The van der Waals surface area contributed by atoms with Gasteiger partial charge in [-0.1, -0.05) is 13.0 Å². The van der Waals surface area contributed by atoms with E-state index in [1.54, 1.807) is 0 Å². The molecule has 2 heteroatoms. The molecule has 1 heterocycles. The van der Waals surface area contributed by atoms with Crippen LogP contribution >= 0.6 is 0 Å². The first-order valence-corrected chi connectivity index (χ1v) is 5.33. The van der Waals surface area contributed by atoms with Crippen LogP contribution in [0.3, 0.4) is 0 Å². The maximum Gasteiger partial charge on any atom is 0.0469 e. The van der Waals surface area contributed by atoms with Crippen LogP contribution in [0, 0.1) is 6.92 Å². The van der Waals surface area contributed by atoms with Crippen LogP contribution in [0.5, 0.6) is 0 Å². The maximum absolute atomic E-state index is 5.41. The third-order valence-corrected chi connectivity index (χ3v) is 2.02. The van der Waals surface area contributed by atoms with Crippen LogP contribution in [-0.2, 0) is 11.2 Å². The van der Waals surface area contributed by atoms with Gasteiger partial charge in [0, 0.05) is 24.6 Å². The van der Waals surface area contributed by atoms with Crippen molar-refractivity contribution in [3.63, 3.8) is 0 Å². The summed E-state index contributed by atoms with van der Waals surface area (Å²) < 4.78 is 5.41. The van der Waals surface area contributed by atoms with E-state index in [2.05, 4.69) is 24.0 Å². The molecular weight excluding hydrogens is 174 g/mol. The first kappa shape index (κ1) is 11.2. The fourth-order valence-electron chi connectivity index (χ4n) is 1.34. The lowest BCUT2D eigenvalue weighted by molar-refractivity contribution is 0.132. The van der Waals surface area contributed by atoms with Crippen LogP contribution in [0.4, 0.5) is 0 Å². The maximum atomic E-state index is 5.41. The fourth-order valence-corrected chi connectivity index (χ4v) is 1.34. The summed E-state index contributed by atoms with van der Waals surface area (Å²) in [6.07, 6.45) is 3.19. The molecule has 1 aromatic heterocycles. The molecule has 78 valence electrons. The number of rotatable bonds is 6. The number of nitrogens with zero attached hydrogens (tertiary/aromatic N) is 1. The Hall–Kier alpha value is -0.890. The Labute approximate surface area is 86.3 Å². The second-order valence-corrected chi connectivity index (χ2v) is 3.49. The highest BCUT2D eigenvalue weighted by Gasteiger charge is 1.94. The molecule has 0 atom stereocenters. The third-order valence-electron chi connectivity index (χ3n) is 2.02. The molecular formula is C12H19NO. The van der Waals surface area contributed by atoms with Crippen molar-refractivity contribution in [2.24, 2.45) is 0 Å². The summed E-state index contributed by atoms with van der Waals surface area (Å²) in [5.41, 5.74) is 2.27. The second-order valence-electron chi connectivity index (χ2n) is 3.49. The van der Waals surface area contributed by atoms with Gasteiger partial charge in [0.1, 0.15) is 0 Å². The molecule has 0 bridgehead atoms. The number of hydrogen-bond donors (Lipinski definition) is 0. The topological polar surface area (TPSA) is 22.1 Å². The minimum absolute atomic E-state index is 0.851. The predicted octanol–water partition coefficient (Wildman–Crippen LogP) is 2.75. The first-order chi connectivity index (χ1) is 6.83. The number of ether oxygens (including phenoxy) is 1. The number of aryl methyl sites for hydroxylation is 2. The van der Waals surface area contributed by atoms with Crippen LogP contribution in [-0.4, -0.2) is 18.2 Å². The molecule has 1 rings (SSSR count). The van der Waals surface area contributed by atoms with Crippen molar-refractivity contribution in [1.82, 2.24) is 4.98 Å². The zero-order valence-electron chi connectivity index (χ0n) is 9.12. The summed E-state index contributed by atoms with van der Waals surface area (Å²) in [6.45, 7) is 5.88. The Kier molecular flexibility index (Phi) is 5.23. The quantitative estimate of drug-likeness (QED) is 0.648. The molecule has 0 aromatic carbocycles. The molecule has 0 fully saturated rings. The van der Waals surface area contributed by atoms with Gasteiger partial charge in [-0.3, -0.25) is 4.98 Å². The van der Waals surface area contributed by atoms with Crippen LogP contribution in [0.25, 0.3) is 0 Å². The van der Waals surface area contributed by atoms with E-state index in [1.807, 2.05) is 13.0 Å². The van der Waals surface area contributed by atoms with E-state index in [0.717, 1.165) is 38.2 Å². The van der Waals surface area contributed by atoms with E-state index < -0.39 is 0 Å². The molecule has 0 unspecified atom stereocenters. The smallest absolute Gasteiger partial charge is 0.0469 e.